The van der Waals surface area contributed by atoms with Gasteiger partial charge in [0.05, 0.1) is 6.20 Å². The van der Waals surface area contributed by atoms with Gasteiger partial charge in [-0.05, 0) is 37.2 Å². The van der Waals surface area contributed by atoms with Crippen molar-refractivity contribution < 1.29 is 8.81 Å². The minimum atomic E-state index is -0.258. The molecule has 0 saturated heterocycles. The molecule has 2 N–H and O–H groups in total. The van der Waals surface area contributed by atoms with E-state index in [2.05, 4.69) is 4.98 Å². The fraction of sp³-hybridized carbons (Fsp3) is 0.250. The average Bonchev–Trinajstić information content (AvgIpc) is 2.76. The Balaban J connectivity index is 2.15. The molecule has 0 unspecified atom stereocenters. The fourth-order valence-corrected chi connectivity index (χ4v) is 1.43. The van der Waals surface area contributed by atoms with Crippen molar-refractivity contribution in [3.63, 3.8) is 0 Å². The highest BCUT2D eigenvalue weighted by molar-refractivity contribution is 5.55. The summed E-state index contributed by atoms with van der Waals surface area (Å²) in [5, 5.41) is 0. The summed E-state index contributed by atoms with van der Waals surface area (Å²) < 4.78 is 18.2. The first-order chi connectivity index (χ1) is 7.79. The standard InChI is InChI=1S/C12H13FN2O/c13-10-5-3-9(4-6-10)11-8-15-12(16-11)2-1-7-14/h3-6,8H,1-2,7,14H2. The second kappa shape index (κ2) is 4.90. The lowest BCUT2D eigenvalue weighted by atomic mass is 10.2. The van der Waals surface area contributed by atoms with Crippen LogP contribution in [-0.4, -0.2) is 11.5 Å². The number of benzene rings is 1. The highest BCUT2D eigenvalue weighted by Crippen LogP contribution is 2.20. The Morgan fingerprint density at radius 2 is 2.00 bits per heavy atom. The monoisotopic (exact) mass is 220 g/mol. The number of rotatable bonds is 4. The van der Waals surface area contributed by atoms with Crippen molar-refractivity contribution in [1.82, 2.24) is 4.98 Å². The molecule has 2 aromatic rings. The molecule has 0 aliphatic rings. The summed E-state index contributed by atoms with van der Waals surface area (Å²) in [6.45, 7) is 0.619. The number of nitrogens with zero attached hydrogens (tertiary/aromatic N) is 1. The van der Waals surface area contributed by atoms with E-state index in [1.54, 1.807) is 18.3 Å². The Morgan fingerprint density at radius 3 is 2.69 bits per heavy atom. The lowest BCUT2D eigenvalue weighted by molar-refractivity contribution is 0.499. The minimum Gasteiger partial charge on any atom is -0.441 e. The van der Waals surface area contributed by atoms with Crippen molar-refractivity contribution in [3.05, 3.63) is 42.2 Å². The summed E-state index contributed by atoms with van der Waals surface area (Å²) in [5.41, 5.74) is 6.23. The quantitative estimate of drug-likeness (QED) is 0.860. The SMILES string of the molecule is NCCCc1ncc(-c2ccc(F)cc2)o1. The summed E-state index contributed by atoms with van der Waals surface area (Å²) in [6, 6.07) is 6.14. The van der Waals surface area contributed by atoms with Gasteiger partial charge in [-0.25, -0.2) is 9.37 Å². The maximum atomic E-state index is 12.7. The summed E-state index contributed by atoms with van der Waals surface area (Å²) >= 11 is 0. The summed E-state index contributed by atoms with van der Waals surface area (Å²) in [6.07, 6.45) is 3.24. The maximum Gasteiger partial charge on any atom is 0.194 e. The van der Waals surface area contributed by atoms with Crippen LogP contribution in [0.2, 0.25) is 0 Å². The molecule has 0 fully saturated rings. The van der Waals surface area contributed by atoms with E-state index in [-0.39, 0.29) is 5.82 Å². The van der Waals surface area contributed by atoms with E-state index in [9.17, 15) is 4.39 Å². The van der Waals surface area contributed by atoms with E-state index in [0.29, 0.717) is 18.2 Å². The normalized spacial score (nSPS) is 10.6. The Hall–Kier alpha value is -1.68. The predicted octanol–water partition coefficient (Wildman–Crippen LogP) is 2.37. The molecule has 0 amide bonds. The van der Waals surface area contributed by atoms with Gasteiger partial charge < -0.3 is 10.2 Å². The third-order valence-corrected chi connectivity index (χ3v) is 2.28. The van der Waals surface area contributed by atoms with Crippen molar-refractivity contribution >= 4 is 0 Å². The van der Waals surface area contributed by atoms with Crippen LogP contribution in [0.25, 0.3) is 11.3 Å². The van der Waals surface area contributed by atoms with Crippen LogP contribution in [0.1, 0.15) is 12.3 Å². The zero-order valence-corrected chi connectivity index (χ0v) is 8.82. The Labute approximate surface area is 93.1 Å². The highest BCUT2D eigenvalue weighted by Gasteiger charge is 2.05. The molecule has 0 aliphatic heterocycles. The Kier molecular flexibility index (Phi) is 3.31. The molecule has 0 bridgehead atoms. The maximum absolute atomic E-state index is 12.7. The zero-order valence-electron chi connectivity index (χ0n) is 8.82. The van der Waals surface area contributed by atoms with Crippen molar-refractivity contribution in [2.75, 3.05) is 6.54 Å². The molecule has 2 rings (SSSR count). The van der Waals surface area contributed by atoms with E-state index in [0.717, 1.165) is 18.4 Å². The van der Waals surface area contributed by atoms with E-state index in [4.69, 9.17) is 10.2 Å². The second-order valence-corrected chi connectivity index (χ2v) is 3.52. The molecule has 4 heteroatoms. The van der Waals surface area contributed by atoms with Crippen molar-refractivity contribution in [3.8, 4) is 11.3 Å². The third kappa shape index (κ3) is 2.46. The van der Waals surface area contributed by atoms with Gasteiger partial charge in [-0.3, -0.25) is 0 Å². The smallest absolute Gasteiger partial charge is 0.194 e. The molecule has 1 aromatic heterocycles. The van der Waals surface area contributed by atoms with Gasteiger partial charge in [0.25, 0.3) is 0 Å². The fourth-order valence-electron chi connectivity index (χ4n) is 1.43. The van der Waals surface area contributed by atoms with Gasteiger partial charge >= 0.3 is 0 Å². The number of hydrogen-bond acceptors (Lipinski definition) is 3. The number of halogens is 1. The van der Waals surface area contributed by atoms with Crippen LogP contribution >= 0.6 is 0 Å². The summed E-state index contributed by atoms with van der Waals surface area (Å²) in [4.78, 5) is 4.14. The molecule has 0 spiro atoms. The van der Waals surface area contributed by atoms with E-state index in [1.807, 2.05) is 0 Å². The Bertz CT molecular complexity index is 450. The van der Waals surface area contributed by atoms with Gasteiger partial charge in [-0.2, -0.15) is 0 Å². The van der Waals surface area contributed by atoms with E-state index in [1.165, 1.54) is 12.1 Å². The number of hydrogen-bond donors (Lipinski definition) is 1. The molecule has 0 radical (unpaired) electrons. The molecular weight excluding hydrogens is 207 g/mol. The van der Waals surface area contributed by atoms with Gasteiger partial charge in [0, 0.05) is 12.0 Å². The van der Waals surface area contributed by atoms with Crippen molar-refractivity contribution in [1.29, 1.82) is 0 Å². The molecule has 1 aromatic carbocycles. The summed E-state index contributed by atoms with van der Waals surface area (Å²) in [5.74, 6) is 1.07. The molecule has 3 nitrogen and oxygen atoms in total. The van der Waals surface area contributed by atoms with Crippen LogP contribution in [-0.2, 0) is 6.42 Å². The van der Waals surface area contributed by atoms with Crippen molar-refractivity contribution in [2.24, 2.45) is 5.73 Å². The lowest BCUT2D eigenvalue weighted by Crippen LogP contribution is -2.00. The first-order valence-corrected chi connectivity index (χ1v) is 5.20. The van der Waals surface area contributed by atoms with Crippen LogP contribution < -0.4 is 5.73 Å². The van der Waals surface area contributed by atoms with Crippen LogP contribution in [0.4, 0.5) is 4.39 Å². The van der Waals surface area contributed by atoms with Crippen LogP contribution in [0.15, 0.2) is 34.9 Å². The van der Waals surface area contributed by atoms with E-state index >= 15 is 0 Å². The molecular formula is C12H13FN2O. The first kappa shape index (κ1) is 10.8. The number of oxazole rings is 1. The molecule has 16 heavy (non-hydrogen) atoms. The zero-order chi connectivity index (χ0) is 11.4. The molecule has 84 valence electrons. The van der Waals surface area contributed by atoms with Crippen LogP contribution in [0.5, 0.6) is 0 Å². The largest absolute Gasteiger partial charge is 0.441 e. The lowest BCUT2D eigenvalue weighted by Gasteiger charge is -1.95. The van der Waals surface area contributed by atoms with Crippen LogP contribution in [0.3, 0.4) is 0 Å². The highest BCUT2D eigenvalue weighted by atomic mass is 19.1. The second-order valence-electron chi connectivity index (χ2n) is 3.52. The van der Waals surface area contributed by atoms with Gasteiger partial charge in [0.1, 0.15) is 5.82 Å². The van der Waals surface area contributed by atoms with Crippen LogP contribution in [0, 0.1) is 5.82 Å². The predicted molar refractivity (Wildman–Crippen MR) is 59.3 cm³/mol. The van der Waals surface area contributed by atoms with Gasteiger partial charge in [-0.1, -0.05) is 0 Å². The molecule has 0 atom stereocenters. The van der Waals surface area contributed by atoms with E-state index < -0.39 is 0 Å². The minimum absolute atomic E-state index is 0.258. The van der Waals surface area contributed by atoms with Gasteiger partial charge in [0.15, 0.2) is 11.7 Å². The molecule has 0 saturated carbocycles. The number of aromatic nitrogens is 1. The molecule has 0 aliphatic carbocycles. The average molecular weight is 220 g/mol. The molecule has 1 heterocycles. The third-order valence-electron chi connectivity index (χ3n) is 2.28. The van der Waals surface area contributed by atoms with Crippen molar-refractivity contribution in [2.45, 2.75) is 12.8 Å². The van der Waals surface area contributed by atoms with Gasteiger partial charge in [0.2, 0.25) is 0 Å². The summed E-state index contributed by atoms with van der Waals surface area (Å²) in [7, 11) is 0. The first-order valence-electron chi connectivity index (χ1n) is 5.20. The number of nitrogens with two attached hydrogens (primary N) is 1. The number of aryl methyl sites for hydroxylation is 1. The Morgan fingerprint density at radius 1 is 1.25 bits per heavy atom. The van der Waals surface area contributed by atoms with Gasteiger partial charge in [-0.15, -0.1) is 0 Å². The topological polar surface area (TPSA) is 52.0 Å².